The highest BCUT2D eigenvalue weighted by Crippen LogP contribution is 2.60. The average Bonchev–Trinajstić information content (AvgIpc) is 2.90. The summed E-state index contributed by atoms with van der Waals surface area (Å²) in [5, 5.41) is -0.0318. The molecule has 3 aromatic rings. The molecule has 43 heavy (non-hydrogen) atoms. The molecule has 0 aliphatic heterocycles. The molecule has 1 heterocycles. The number of aromatic nitrogens is 1. The first-order valence-electron chi connectivity index (χ1n) is 11.2. The van der Waals surface area contributed by atoms with Gasteiger partial charge in [0, 0.05) is 9.86 Å². The van der Waals surface area contributed by atoms with Gasteiger partial charge in [0.2, 0.25) is 0 Å². The number of fused-ring (bicyclic) bond motifs is 1. The second kappa shape index (κ2) is 11.2. The van der Waals surface area contributed by atoms with Crippen LogP contribution in [0.4, 0.5) is 57.1 Å². The Balaban J connectivity index is 1.93. The molecular formula is C24H13BrF13NO4. The quantitative estimate of drug-likeness (QED) is 0.205. The Kier molecular flexibility index (Phi) is 8.85. The van der Waals surface area contributed by atoms with Crippen molar-refractivity contribution in [3.8, 4) is 5.75 Å². The highest BCUT2D eigenvalue weighted by Gasteiger charge is 2.90. The number of hydrogen-bond donors (Lipinski definition) is 0. The highest BCUT2D eigenvalue weighted by atomic mass is 79.9. The molecule has 19 heteroatoms. The van der Waals surface area contributed by atoms with E-state index in [1.807, 2.05) is 0 Å². The number of hydrogen-bond acceptors (Lipinski definition) is 4. The molecule has 0 bridgehead atoms. The van der Waals surface area contributed by atoms with Crippen LogP contribution in [0.15, 0.2) is 63.9 Å². The van der Waals surface area contributed by atoms with E-state index in [4.69, 9.17) is 4.84 Å². The molecule has 0 aliphatic carbocycles. The summed E-state index contributed by atoms with van der Waals surface area (Å²) in [5.74, 6) is -39.9. The second-order valence-corrected chi connectivity index (χ2v) is 9.48. The fourth-order valence-electron chi connectivity index (χ4n) is 3.40. The van der Waals surface area contributed by atoms with Crippen LogP contribution in [0, 0.1) is 0 Å². The smallest absolute Gasteiger partial charge is 0.460 e. The predicted octanol–water partition coefficient (Wildman–Crippen LogP) is 7.54. The van der Waals surface area contributed by atoms with Crippen molar-refractivity contribution in [2.45, 2.75) is 42.2 Å². The number of alkyl halides is 13. The molecule has 0 saturated heterocycles. The first-order chi connectivity index (χ1) is 19.5. The summed E-state index contributed by atoms with van der Waals surface area (Å²) in [6.07, 6.45) is -10.2. The number of ether oxygens (including phenoxy) is 1. The molecular weight excluding hydrogens is 693 g/mol. The Hall–Kier alpha value is -3.51. The topological polar surface area (TPSA) is 57.5 Å². The van der Waals surface area contributed by atoms with Gasteiger partial charge in [-0.15, -0.1) is 4.73 Å². The van der Waals surface area contributed by atoms with Crippen LogP contribution in [0.1, 0.15) is 16.8 Å². The minimum Gasteiger partial charge on any atom is -0.488 e. The SMILES string of the molecule is O=C(On1c(=O)c(OCCC(F)(F)C(F)(F)C(F)(F)C(F)(F)C(F)(F)C(F)(F)F)cc2c(Br)cccc21)c1ccccc1. The van der Waals surface area contributed by atoms with Gasteiger partial charge in [-0.3, -0.25) is 4.79 Å². The number of nitrogens with zero attached hydrogens (tertiary/aromatic N) is 1. The third-order valence-corrected chi connectivity index (χ3v) is 6.47. The maximum atomic E-state index is 14.1. The number of halogens is 14. The molecule has 3 rings (SSSR count). The number of benzene rings is 2. The monoisotopic (exact) mass is 705 g/mol. The van der Waals surface area contributed by atoms with Crippen LogP contribution in [0.3, 0.4) is 0 Å². The van der Waals surface area contributed by atoms with Crippen molar-refractivity contribution in [1.29, 1.82) is 0 Å². The largest absolute Gasteiger partial charge is 0.488 e. The van der Waals surface area contributed by atoms with Crippen molar-refractivity contribution >= 4 is 32.8 Å². The summed E-state index contributed by atoms with van der Waals surface area (Å²) >= 11 is 3.07. The summed E-state index contributed by atoms with van der Waals surface area (Å²) in [5.41, 5.74) is -1.66. The summed E-state index contributed by atoms with van der Waals surface area (Å²) in [6, 6.07) is 11.7. The molecule has 0 N–H and O–H groups in total. The Labute approximate surface area is 238 Å². The molecule has 0 saturated carbocycles. The number of carbonyl (C=O) groups is 1. The van der Waals surface area contributed by atoms with Gasteiger partial charge in [0.15, 0.2) is 5.75 Å². The van der Waals surface area contributed by atoms with Gasteiger partial charge in [-0.25, -0.2) is 4.79 Å². The fourth-order valence-corrected chi connectivity index (χ4v) is 3.87. The van der Waals surface area contributed by atoms with Crippen LogP contribution in [0.2, 0.25) is 0 Å². The normalized spacial score (nSPS) is 13.7. The molecule has 0 amide bonds. The minimum absolute atomic E-state index is 0.0318. The van der Waals surface area contributed by atoms with Crippen molar-refractivity contribution in [3.05, 3.63) is 75.0 Å². The lowest BCUT2D eigenvalue weighted by Gasteiger charge is -2.39. The Bertz CT molecular complexity index is 1560. The number of carbonyl (C=O) groups excluding carboxylic acids is 1. The minimum atomic E-state index is -8.03. The summed E-state index contributed by atoms with van der Waals surface area (Å²) in [7, 11) is 0. The lowest BCUT2D eigenvalue weighted by Crippen LogP contribution is -2.70. The maximum Gasteiger partial charge on any atom is 0.460 e. The molecule has 0 atom stereocenters. The molecule has 0 spiro atoms. The molecule has 0 fully saturated rings. The van der Waals surface area contributed by atoms with E-state index in [1.165, 1.54) is 48.5 Å². The van der Waals surface area contributed by atoms with Crippen LogP contribution in [-0.4, -0.2) is 53.1 Å². The van der Waals surface area contributed by atoms with Gasteiger partial charge in [-0.2, -0.15) is 57.1 Å². The molecule has 0 unspecified atom stereocenters. The van der Waals surface area contributed by atoms with E-state index < -0.39 is 66.1 Å². The summed E-state index contributed by atoms with van der Waals surface area (Å²) in [4.78, 5) is 30.4. The first kappa shape index (κ1) is 34.0. The van der Waals surface area contributed by atoms with Crippen LogP contribution >= 0.6 is 15.9 Å². The van der Waals surface area contributed by atoms with Gasteiger partial charge in [0.05, 0.1) is 24.1 Å². The molecule has 5 nitrogen and oxygen atoms in total. The van der Waals surface area contributed by atoms with Gasteiger partial charge >= 0.3 is 47.3 Å². The number of rotatable bonds is 10. The lowest BCUT2D eigenvalue weighted by atomic mass is 9.93. The van der Waals surface area contributed by atoms with Gasteiger partial charge in [0.1, 0.15) is 0 Å². The van der Waals surface area contributed by atoms with Crippen molar-refractivity contribution in [2.24, 2.45) is 0 Å². The number of pyridine rings is 1. The zero-order valence-corrected chi connectivity index (χ0v) is 22.1. The molecule has 0 radical (unpaired) electrons. The van der Waals surface area contributed by atoms with Gasteiger partial charge < -0.3 is 9.57 Å². The fraction of sp³-hybridized carbons (Fsp3) is 0.333. The van der Waals surface area contributed by atoms with E-state index in [0.717, 1.165) is 6.07 Å². The van der Waals surface area contributed by atoms with E-state index >= 15 is 0 Å². The van der Waals surface area contributed by atoms with Crippen LogP contribution in [-0.2, 0) is 0 Å². The average molecular weight is 706 g/mol. The summed E-state index contributed by atoms with van der Waals surface area (Å²) < 4.78 is 178. The lowest BCUT2D eigenvalue weighted by molar-refractivity contribution is -0.440. The van der Waals surface area contributed by atoms with Crippen molar-refractivity contribution in [1.82, 2.24) is 4.73 Å². The first-order valence-corrected chi connectivity index (χ1v) is 12.0. The zero-order chi connectivity index (χ0) is 32.8. The van der Waals surface area contributed by atoms with Crippen LogP contribution in [0.25, 0.3) is 10.9 Å². The van der Waals surface area contributed by atoms with Crippen molar-refractivity contribution in [2.75, 3.05) is 6.61 Å². The molecule has 2 aromatic carbocycles. The van der Waals surface area contributed by atoms with Gasteiger partial charge in [-0.1, -0.05) is 40.2 Å². The maximum absolute atomic E-state index is 14.1. The standard InChI is InChI=1S/C24H13BrF13NO4/c25-14-7-4-8-15-13(14)11-16(17(40)39(15)43-18(41)12-5-2-1-3-6-12)42-10-9-19(26,27)20(28,29)21(30,31)22(32,33)23(34,35)24(36,37)38/h1-8,11H,9-10H2. The second-order valence-electron chi connectivity index (χ2n) is 8.62. The van der Waals surface area contributed by atoms with Gasteiger partial charge in [-0.05, 0) is 30.3 Å². The summed E-state index contributed by atoms with van der Waals surface area (Å²) in [6.45, 7) is -1.88. The third kappa shape index (κ3) is 5.74. The van der Waals surface area contributed by atoms with E-state index in [1.54, 1.807) is 0 Å². The Morgan fingerprint density at radius 1 is 0.744 bits per heavy atom. The third-order valence-electron chi connectivity index (χ3n) is 5.78. The van der Waals surface area contributed by atoms with E-state index in [2.05, 4.69) is 20.7 Å². The van der Waals surface area contributed by atoms with Crippen LogP contribution < -0.4 is 15.1 Å². The highest BCUT2D eigenvalue weighted by molar-refractivity contribution is 9.10. The van der Waals surface area contributed by atoms with Crippen LogP contribution in [0.5, 0.6) is 5.75 Å². The Morgan fingerprint density at radius 3 is 1.86 bits per heavy atom. The molecule has 1 aromatic heterocycles. The van der Waals surface area contributed by atoms with E-state index in [-0.39, 0.29) is 20.9 Å². The zero-order valence-electron chi connectivity index (χ0n) is 20.5. The molecule has 0 aliphatic rings. The van der Waals surface area contributed by atoms with Gasteiger partial charge in [0.25, 0.3) is 0 Å². The Morgan fingerprint density at radius 2 is 1.30 bits per heavy atom. The predicted molar refractivity (Wildman–Crippen MR) is 124 cm³/mol. The van der Waals surface area contributed by atoms with Crippen molar-refractivity contribution in [3.63, 3.8) is 0 Å². The van der Waals surface area contributed by atoms with Crippen molar-refractivity contribution < 1.29 is 71.4 Å². The van der Waals surface area contributed by atoms with E-state index in [0.29, 0.717) is 4.73 Å². The van der Waals surface area contributed by atoms with E-state index in [9.17, 15) is 66.7 Å². The molecule has 236 valence electrons.